The molecule has 1 nitrogen and oxygen atoms in total. The van der Waals surface area contributed by atoms with E-state index in [1.54, 1.807) is 0 Å². The molecule has 0 aliphatic rings. The Labute approximate surface area is 116 Å². The van der Waals surface area contributed by atoms with Gasteiger partial charge in [-0.3, -0.25) is 0 Å². The number of nitrogens with one attached hydrogen (secondary N) is 1. The van der Waals surface area contributed by atoms with Gasteiger partial charge in [-0.05, 0) is 35.9 Å². The highest BCUT2D eigenvalue weighted by molar-refractivity contribution is 5.48. The van der Waals surface area contributed by atoms with Crippen LogP contribution in [0, 0.1) is 17.5 Å². The summed E-state index contributed by atoms with van der Waals surface area (Å²) >= 11 is 0. The zero-order chi connectivity index (χ0) is 15.6. The third-order valence-electron chi connectivity index (χ3n) is 2.70. The SMILES string of the molecule is Fc1cc(F)cc(CNc2cc(C(F)(F)F)ccc2F)c1. The van der Waals surface area contributed by atoms with Crippen LogP contribution in [0.15, 0.2) is 36.4 Å². The first kappa shape index (κ1) is 15.2. The summed E-state index contributed by atoms with van der Waals surface area (Å²) in [5.74, 6) is -2.53. The number of alkyl halides is 3. The molecule has 7 heteroatoms. The highest BCUT2D eigenvalue weighted by Crippen LogP contribution is 2.31. The van der Waals surface area contributed by atoms with E-state index in [-0.39, 0.29) is 12.1 Å². The van der Waals surface area contributed by atoms with Gasteiger partial charge >= 0.3 is 6.18 Å². The van der Waals surface area contributed by atoms with Crippen molar-refractivity contribution >= 4 is 5.69 Å². The van der Waals surface area contributed by atoms with Crippen LogP contribution in [0.5, 0.6) is 0 Å². The zero-order valence-corrected chi connectivity index (χ0v) is 10.4. The average molecular weight is 305 g/mol. The number of hydrogen-bond acceptors (Lipinski definition) is 1. The zero-order valence-electron chi connectivity index (χ0n) is 10.4. The van der Waals surface area contributed by atoms with E-state index in [0.29, 0.717) is 24.3 Å². The molecule has 0 amide bonds. The van der Waals surface area contributed by atoms with E-state index >= 15 is 0 Å². The van der Waals surface area contributed by atoms with Gasteiger partial charge in [-0.1, -0.05) is 0 Å². The fourth-order valence-corrected chi connectivity index (χ4v) is 1.75. The second-order valence-electron chi connectivity index (χ2n) is 4.32. The summed E-state index contributed by atoms with van der Waals surface area (Å²) in [5.41, 5.74) is -1.27. The highest BCUT2D eigenvalue weighted by atomic mass is 19.4. The molecule has 0 aromatic heterocycles. The summed E-state index contributed by atoms with van der Waals surface area (Å²) in [6, 6.07) is 4.56. The summed E-state index contributed by atoms with van der Waals surface area (Å²) in [7, 11) is 0. The second kappa shape index (κ2) is 5.67. The minimum absolute atomic E-state index is 0.143. The van der Waals surface area contributed by atoms with Crippen molar-refractivity contribution in [1.82, 2.24) is 0 Å². The Balaban J connectivity index is 2.19. The van der Waals surface area contributed by atoms with Crippen molar-refractivity contribution in [2.24, 2.45) is 0 Å². The standard InChI is InChI=1S/C14H9F6N/c15-10-3-8(4-11(16)6-10)7-21-13-5-9(14(18,19)20)1-2-12(13)17/h1-6,21H,7H2. The maximum Gasteiger partial charge on any atom is 0.416 e. The van der Waals surface area contributed by atoms with Crippen molar-refractivity contribution in [3.63, 3.8) is 0 Å². The van der Waals surface area contributed by atoms with Crippen LogP contribution in [-0.4, -0.2) is 0 Å². The molecule has 0 aliphatic carbocycles. The first-order chi connectivity index (χ1) is 9.75. The van der Waals surface area contributed by atoms with Gasteiger partial charge in [-0.15, -0.1) is 0 Å². The van der Waals surface area contributed by atoms with Crippen LogP contribution in [0.4, 0.5) is 32.0 Å². The molecular weight excluding hydrogens is 296 g/mol. The van der Waals surface area contributed by atoms with Crippen LogP contribution in [0.3, 0.4) is 0 Å². The van der Waals surface area contributed by atoms with E-state index in [0.717, 1.165) is 12.1 Å². The van der Waals surface area contributed by atoms with Crippen molar-refractivity contribution < 1.29 is 26.3 Å². The van der Waals surface area contributed by atoms with Gasteiger partial charge < -0.3 is 5.32 Å². The fourth-order valence-electron chi connectivity index (χ4n) is 1.75. The van der Waals surface area contributed by atoms with Crippen LogP contribution in [-0.2, 0) is 12.7 Å². The minimum Gasteiger partial charge on any atom is -0.379 e. The van der Waals surface area contributed by atoms with E-state index in [9.17, 15) is 26.3 Å². The molecular formula is C14H9F6N. The third-order valence-corrected chi connectivity index (χ3v) is 2.70. The summed E-state index contributed by atoms with van der Waals surface area (Å²) in [4.78, 5) is 0. The van der Waals surface area contributed by atoms with Gasteiger partial charge in [-0.2, -0.15) is 13.2 Å². The molecule has 112 valence electrons. The van der Waals surface area contributed by atoms with Crippen molar-refractivity contribution in [3.05, 3.63) is 65.0 Å². The molecule has 0 saturated carbocycles. The molecule has 0 heterocycles. The lowest BCUT2D eigenvalue weighted by Gasteiger charge is -2.12. The largest absolute Gasteiger partial charge is 0.416 e. The molecule has 21 heavy (non-hydrogen) atoms. The van der Waals surface area contributed by atoms with Crippen molar-refractivity contribution in [2.75, 3.05) is 5.32 Å². The van der Waals surface area contributed by atoms with Crippen LogP contribution in [0.25, 0.3) is 0 Å². The maximum atomic E-state index is 13.4. The molecule has 0 saturated heterocycles. The predicted octanol–water partition coefficient (Wildman–Crippen LogP) is 4.73. The number of halogens is 6. The molecule has 2 aromatic carbocycles. The quantitative estimate of drug-likeness (QED) is 0.808. The summed E-state index contributed by atoms with van der Waals surface area (Å²) in [6.45, 7) is -0.215. The smallest absolute Gasteiger partial charge is 0.379 e. The monoisotopic (exact) mass is 305 g/mol. The van der Waals surface area contributed by atoms with E-state index in [1.807, 2.05) is 0 Å². The number of anilines is 1. The molecule has 0 atom stereocenters. The van der Waals surface area contributed by atoms with E-state index in [1.165, 1.54) is 0 Å². The summed E-state index contributed by atoms with van der Waals surface area (Å²) in [5, 5.41) is 2.39. The van der Waals surface area contributed by atoms with Gasteiger partial charge in [0.15, 0.2) is 0 Å². The van der Waals surface area contributed by atoms with Crippen molar-refractivity contribution in [2.45, 2.75) is 12.7 Å². The first-order valence-electron chi connectivity index (χ1n) is 5.81. The Morgan fingerprint density at radius 1 is 0.857 bits per heavy atom. The number of hydrogen-bond donors (Lipinski definition) is 1. The second-order valence-corrected chi connectivity index (χ2v) is 4.32. The topological polar surface area (TPSA) is 12.0 Å². The van der Waals surface area contributed by atoms with Gasteiger partial charge in [0, 0.05) is 12.6 Å². The molecule has 1 N–H and O–H groups in total. The molecule has 2 rings (SSSR count). The van der Waals surface area contributed by atoms with Gasteiger partial charge in [0.1, 0.15) is 17.5 Å². The van der Waals surface area contributed by atoms with E-state index < -0.39 is 34.9 Å². The Bertz CT molecular complexity index is 630. The Hall–Kier alpha value is -2.18. The van der Waals surface area contributed by atoms with Gasteiger partial charge in [-0.25, -0.2) is 13.2 Å². The van der Waals surface area contributed by atoms with E-state index in [4.69, 9.17) is 0 Å². The lowest BCUT2D eigenvalue weighted by molar-refractivity contribution is -0.137. The van der Waals surface area contributed by atoms with Crippen LogP contribution < -0.4 is 5.32 Å². The lowest BCUT2D eigenvalue weighted by atomic mass is 10.1. The first-order valence-corrected chi connectivity index (χ1v) is 5.81. The summed E-state index contributed by atoms with van der Waals surface area (Å²) < 4.78 is 76.9. The molecule has 2 aromatic rings. The molecule has 0 bridgehead atoms. The van der Waals surface area contributed by atoms with E-state index in [2.05, 4.69) is 5.32 Å². The number of rotatable bonds is 3. The maximum absolute atomic E-state index is 13.4. The Kier molecular flexibility index (Phi) is 4.11. The molecule has 0 radical (unpaired) electrons. The van der Waals surface area contributed by atoms with Gasteiger partial charge in [0.25, 0.3) is 0 Å². The van der Waals surface area contributed by atoms with Gasteiger partial charge in [0.05, 0.1) is 11.3 Å². The molecule has 0 fully saturated rings. The van der Waals surface area contributed by atoms with Crippen molar-refractivity contribution in [1.29, 1.82) is 0 Å². The molecule has 0 aliphatic heterocycles. The predicted molar refractivity (Wildman–Crippen MR) is 65.1 cm³/mol. The summed E-state index contributed by atoms with van der Waals surface area (Å²) in [6.07, 6.45) is -4.60. The third kappa shape index (κ3) is 3.90. The van der Waals surface area contributed by atoms with Crippen LogP contribution in [0.1, 0.15) is 11.1 Å². The van der Waals surface area contributed by atoms with Crippen LogP contribution >= 0.6 is 0 Å². The minimum atomic E-state index is -4.60. The van der Waals surface area contributed by atoms with Crippen LogP contribution in [0.2, 0.25) is 0 Å². The Morgan fingerprint density at radius 3 is 2.05 bits per heavy atom. The molecule has 0 unspecified atom stereocenters. The average Bonchev–Trinajstić information content (AvgIpc) is 2.35. The van der Waals surface area contributed by atoms with Gasteiger partial charge in [0.2, 0.25) is 0 Å². The normalized spacial score (nSPS) is 11.5. The Morgan fingerprint density at radius 2 is 1.48 bits per heavy atom. The number of benzene rings is 2. The van der Waals surface area contributed by atoms with Crippen molar-refractivity contribution in [3.8, 4) is 0 Å². The fraction of sp³-hybridized carbons (Fsp3) is 0.143. The highest BCUT2D eigenvalue weighted by Gasteiger charge is 2.31. The molecule has 0 spiro atoms. The lowest BCUT2D eigenvalue weighted by Crippen LogP contribution is -2.08.